The van der Waals surface area contributed by atoms with Gasteiger partial charge in [0.1, 0.15) is 6.04 Å². The van der Waals surface area contributed by atoms with Crippen molar-refractivity contribution in [2.75, 3.05) is 4.90 Å². The molecule has 142 valence electrons. The first-order chi connectivity index (χ1) is 14.1. The maximum Gasteiger partial charge on any atom is 0.304 e. The Kier molecular flexibility index (Phi) is 4.06. The molecule has 0 N–H and O–H groups in total. The fourth-order valence-corrected chi connectivity index (χ4v) is 4.21. The van der Waals surface area contributed by atoms with E-state index in [0.717, 1.165) is 32.8 Å². The van der Waals surface area contributed by atoms with Gasteiger partial charge in [-0.1, -0.05) is 78.9 Å². The monoisotopic (exact) mass is 381 g/mol. The highest BCUT2D eigenvalue weighted by atomic mass is 16.6. The van der Waals surface area contributed by atoms with Crippen LogP contribution in [0.2, 0.25) is 0 Å². The number of rotatable bonds is 3. The van der Waals surface area contributed by atoms with Crippen molar-refractivity contribution in [1.82, 2.24) is 0 Å². The number of carbonyl (C=O) groups is 2. The van der Waals surface area contributed by atoms with Crippen molar-refractivity contribution in [2.45, 2.75) is 19.2 Å². The van der Waals surface area contributed by atoms with E-state index < -0.39 is 18.2 Å². The fraction of sp³-hybridized carbons (Fsp3) is 0.120. The molecular weight excluding hydrogens is 362 g/mol. The Morgan fingerprint density at radius 3 is 2.17 bits per heavy atom. The van der Waals surface area contributed by atoms with E-state index in [-0.39, 0.29) is 5.78 Å². The summed E-state index contributed by atoms with van der Waals surface area (Å²) in [5.74, 6) is -0.575. The SMILES string of the molecule is CC(=O)O[C@H]1C(=O)[C@@H](c2ccccc2)N1c1cc2ccccc2c2ccccc12. The first kappa shape index (κ1) is 17.4. The number of anilines is 1. The van der Waals surface area contributed by atoms with Gasteiger partial charge in [-0.25, -0.2) is 0 Å². The second-order valence-corrected chi connectivity index (χ2v) is 7.25. The van der Waals surface area contributed by atoms with Crippen LogP contribution in [0, 0.1) is 0 Å². The fourth-order valence-electron chi connectivity index (χ4n) is 4.21. The van der Waals surface area contributed by atoms with Crippen LogP contribution in [0.5, 0.6) is 0 Å². The lowest BCUT2D eigenvalue weighted by Gasteiger charge is -2.47. The van der Waals surface area contributed by atoms with E-state index in [0.29, 0.717) is 0 Å². The van der Waals surface area contributed by atoms with Crippen LogP contribution in [0.25, 0.3) is 21.5 Å². The molecule has 5 rings (SSSR count). The van der Waals surface area contributed by atoms with Gasteiger partial charge in [0, 0.05) is 18.0 Å². The van der Waals surface area contributed by atoms with E-state index in [4.69, 9.17) is 4.74 Å². The quantitative estimate of drug-likeness (QED) is 0.370. The molecule has 4 heteroatoms. The molecule has 4 nitrogen and oxygen atoms in total. The molecule has 4 aromatic carbocycles. The molecule has 0 unspecified atom stereocenters. The highest BCUT2D eigenvalue weighted by Crippen LogP contribution is 2.45. The van der Waals surface area contributed by atoms with E-state index in [1.54, 1.807) is 0 Å². The number of hydrogen-bond donors (Lipinski definition) is 0. The van der Waals surface area contributed by atoms with Crippen LogP contribution in [0.15, 0.2) is 84.9 Å². The van der Waals surface area contributed by atoms with Crippen molar-refractivity contribution in [3.8, 4) is 0 Å². The van der Waals surface area contributed by atoms with E-state index in [9.17, 15) is 9.59 Å². The maximum atomic E-state index is 13.0. The van der Waals surface area contributed by atoms with E-state index >= 15 is 0 Å². The van der Waals surface area contributed by atoms with Crippen LogP contribution in [0.3, 0.4) is 0 Å². The summed E-state index contributed by atoms with van der Waals surface area (Å²) in [4.78, 5) is 26.6. The molecule has 0 radical (unpaired) electrons. The lowest BCUT2D eigenvalue weighted by atomic mass is 9.88. The zero-order chi connectivity index (χ0) is 20.0. The van der Waals surface area contributed by atoms with Gasteiger partial charge in [0.2, 0.25) is 12.0 Å². The van der Waals surface area contributed by atoms with Gasteiger partial charge in [0.05, 0.1) is 0 Å². The Hall–Kier alpha value is -3.66. The van der Waals surface area contributed by atoms with Crippen LogP contribution in [-0.4, -0.2) is 18.0 Å². The number of fused-ring (bicyclic) bond motifs is 3. The molecule has 29 heavy (non-hydrogen) atoms. The average Bonchev–Trinajstić information content (AvgIpc) is 2.75. The lowest BCUT2D eigenvalue weighted by molar-refractivity contribution is -0.160. The molecule has 1 heterocycles. The Bertz CT molecular complexity index is 1250. The summed E-state index contributed by atoms with van der Waals surface area (Å²) in [7, 11) is 0. The van der Waals surface area contributed by atoms with Crippen molar-refractivity contribution < 1.29 is 14.3 Å². The summed E-state index contributed by atoms with van der Waals surface area (Å²) in [6, 6.07) is 27.5. The zero-order valence-electron chi connectivity index (χ0n) is 15.9. The molecule has 1 fully saturated rings. The number of benzene rings is 4. The molecule has 1 aliphatic rings. The van der Waals surface area contributed by atoms with Gasteiger partial charge in [-0.15, -0.1) is 0 Å². The number of ketones is 1. The molecule has 0 bridgehead atoms. The van der Waals surface area contributed by atoms with Crippen molar-refractivity contribution in [2.24, 2.45) is 0 Å². The van der Waals surface area contributed by atoms with Crippen molar-refractivity contribution in [1.29, 1.82) is 0 Å². The number of carbonyl (C=O) groups excluding carboxylic acids is 2. The van der Waals surface area contributed by atoms with Crippen LogP contribution in [0.4, 0.5) is 5.69 Å². The lowest BCUT2D eigenvalue weighted by Crippen LogP contribution is -2.61. The van der Waals surface area contributed by atoms with Crippen LogP contribution in [0.1, 0.15) is 18.5 Å². The number of Topliss-reactive ketones (excluding diaryl/α,β-unsaturated/α-hetero) is 1. The molecular formula is C25H19NO3. The minimum absolute atomic E-state index is 0.108. The minimum atomic E-state index is -0.915. The van der Waals surface area contributed by atoms with E-state index in [1.165, 1.54) is 6.92 Å². The van der Waals surface area contributed by atoms with Gasteiger partial charge < -0.3 is 9.64 Å². The maximum absolute atomic E-state index is 13.0. The Labute approximate surface area is 168 Å². The van der Waals surface area contributed by atoms with Crippen molar-refractivity contribution >= 4 is 39.0 Å². The summed E-state index contributed by atoms with van der Waals surface area (Å²) in [6.07, 6.45) is -0.915. The van der Waals surface area contributed by atoms with E-state index in [2.05, 4.69) is 24.3 Å². The number of hydrogen-bond acceptors (Lipinski definition) is 4. The van der Waals surface area contributed by atoms with Crippen molar-refractivity contribution in [3.63, 3.8) is 0 Å². The number of ether oxygens (including phenoxy) is 1. The van der Waals surface area contributed by atoms with Crippen molar-refractivity contribution in [3.05, 3.63) is 90.5 Å². The molecule has 2 atom stereocenters. The molecule has 0 aliphatic carbocycles. The average molecular weight is 381 g/mol. The molecule has 4 aromatic rings. The molecule has 1 saturated heterocycles. The summed E-state index contributed by atoms with van der Waals surface area (Å²) in [5, 5.41) is 4.36. The van der Waals surface area contributed by atoms with Gasteiger partial charge >= 0.3 is 5.97 Å². The van der Waals surface area contributed by atoms with Gasteiger partial charge in [0.15, 0.2) is 0 Å². The third kappa shape index (κ3) is 2.76. The summed E-state index contributed by atoms with van der Waals surface area (Å²) >= 11 is 0. The van der Waals surface area contributed by atoms with Crippen LogP contribution < -0.4 is 4.90 Å². The largest absolute Gasteiger partial charge is 0.434 e. The van der Waals surface area contributed by atoms with Gasteiger partial charge in [0.25, 0.3) is 0 Å². The second kappa shape index (κ2) is 6.74. The molecule has 0 aromatic heterocycles. The van der Waals surface area contributed by atoms with Gasteiger partial charge in [-0.2, -0.15) is 0 Å². The predicted molar refractivity (Wildman–Crippen MR) is 114 cm³/mol. The third-order valence-corrected chi connectivity index (χ3v) is 5.46. The Morgan fingerprint density at radius 2 is 1.45 bits per heavy atom. The Morgan fingerprint density at radius 1 is 0.828 bits per heavy atom. The van der Waals surface area contributed by atoms with Gasteiger partial charge in [-0.05, 0) is 27.8 Å². The zero-order valence-corrected chi connectivity index (χ0v) is 15.9. The smallest absolute Gasteiger partial charge is 0.304 e. The number of nitrogens with zero attached hydrogens (tertiary/aromatic N) is 1. The normalized spacial score (nSPS) is 18.7. The summed E-state index contributed by atoms with van der Waals surface area (Å²) in [6.45, 7) is 1.33. The first-order valence-electron chi connectivity index (χ1n) is 9.60. The molecule has 0 amide bonds. The highest BCUT2D eigenvalue weighted by molar-refractivity contribution is 6.15. The molecule has 0 saturated carbocycles. The van der Waals surface area contributed by atoms with Crippen LogP contribution in [-0.2, 0) is 14.3 Å². The second-order valence-electron chi connectivity index (χ2n) is 7.25. The van der Waals surface area contributed by atoms with Gasteiger partial charge in [-0.3, -0.25) is 9.59 Å². The predicted octanol–water partition coefficient (Wildman–Crippen LogP) is 5.01. The summed E-state index contributed by atoms with van der Waals surface area (Å²) in [5.41, 5.74) is 1.78. The summed E-state index contributed by atoms with van der Waals surface area (Å²) < 4.78 is 5.42. The Balaban J connectivity index is 1.75. The minimum Gasteiger partial charge on any atom is -0.434 e. The third-order valence-electron chi connectivity index (χ3n) is 5.46. The molecule has 0 spiro atoms. The number of esters is 1. The first-order valence-corrected chi connectivity index (χ1v) is 9.60. The molecule has 1 aliphatic heterocycles. The topological polar surface area (TPSA) is 46.6 Å². The standard InChI is InChI=1S/C25H19NO3/c1-16(27)29-25-24(28)23(17-9-3-2-4-10-17)26(25)22-15-18-11-5-6-12-19(18)20-13-7-8-14-21(20)22/h2-15,23,25H,1H3/t23-,25+/m1/s1. The highest BCUT2D eigenvalue weighted by Gasteiger charge is 2.51. The van der Waals surface area contributed by atoms with E-state index in [1.807, 2.05) is 65.6 Å². The van der Waals surface area contributed by atoms with Crippen LogP contribution >= 0.6 is 0 Å².